The second kappa shape index (κ2) is 12.1. The van der Waals surface area contributed by atoms with Gasteiger partial charge in [0.1, 0.15) is 16.9 Å². The molecule has 1 aliphatic heterocycles. The standard InChI is InChI=1S/C29H36Cl2N2O4/c1-28(2,3)15-25-29(17-32,22-12-11-20(31)14-24(22)37-4)26(18-7-5-8-19(30)13-18)27(33-25)23(36)10-6-9-21(35)16-34/h5,7-8,11-14,21,25-27,33-35H,6,9-10,15-16H2,1-4H3/t21-,25-,26-,27+,29-/m0/s1. The molecule has 0 amide bonds. The van der Waals surface area contributed by atoms with Crippen molar-refractivity contribution in [2.75, 3.05) is 13.7 Å². The molecule has 5 atom stereocenters. The maximum absolute atomic E-state index is 13.7. The highest BCUT2D eigenvalue weighted by atomic mass is 35.5. The van der Waals surface area contributed by atoms with Crippen LogP contribution in [0.1, 0.15) is 63.5 Å². The number of ether oxygens (including phenoxy) is 1. The number of rotatable bonds is 10. The molecule has 1 fully saturated rings. The van der Waals surface area contributed by atoms with Crippen molar-refractivity contribution in [1.29, 1.82) is 5.26 Å². The van der Waals surface area contributed by atoms with Crippen LogP contribution in [0.15, 0.2) is 42.5 Å². The van der Waals surface area contributed by atoms with Crippen LogP contribution in [-0.2, 0) is 10.2 Å². The third kappa shape index (κ3) is 6.47. The molecular weight excluding hydrogens is 511 g/mol. The first kappa shape index (κ1) is 29.4. The van der Waals surface area contributed by atoms with E-state index in [1.807, 2.05) is 24.3 Å². The molecule has 2 aromatic carbocycles. The molecule has 2 aromatic rings. The van der Waals surface area contributed by atoms with Gasteiger partial charge in [0, 0.05) is 34.0 Å². The van der Waals surface area contributed by atoms with Crippen LogP contribution < -0.4 is 10.1 Å². The molecule has 0 unspecified atom stereocenters. The number of hydrogen-bond donors (Lipinski definition) is 3. The highest BCUT2D eigenvalue weighted by molar-refractivity contribution is 6.31. The van der Waals surface area contributed by atoms with Gasteiger partial charge in [0.25, 0.3) is 0 Å². The number of Topliss-reactive ketones (excluding diaryl/α,β-unsaturated/α-hetero) is 1. The summed E-state index contributed by atoms with van der Waals surface area (Å²) in [6.07, 6.45) is 0.702. The zero-order valence-corrected chi connectivity index (χ0v) is 23.3. The predicted octanol–water partition coefficient (Wildman–Crippen LogP) is 5.42. The fourth-order valence-corrected chi connectivity index (χ4v) is 5.88. The number of nitrogens with one attached hydrogen (secondary N) is 1. The third-order valence-electron chi connectivity index (χ3n) is 7.09. The molecule has 0 radical (unpaired) electrons. The van der Waals surface area contributed by atoms with Crippen LogP contribution >= 0.6 is 23.2 Å². The SMILES string of the molecule is COc1cc(Cl)ccc1[C@@]1(C#N)[C@H](CC(C)(C)C)N[C@H](C(=O)CCC[C@H](O)CO)[C@@H]1c1cccc(Cl)c1. The van der Waals surface area contributed by atoms with Crippen LogP contribution in [0.25, 0.3) is 0 Å². The summed E-state index contributed by atoms with van der Waals surface area (Å²) in [4.78, 5) is 13.7. The van der Waals surface area contributed by atoms with E-state index in [4.69, 9.17) is 33.0 Å². The van der Waals surface area contributed by atoms with Gasteiger partial charge in [-0.3, -0.25) is 4.79 Å². The van der Waals surface area contributed by atoms with Crippen LogP contribution in [0.5, 0.6) is 5.75 Å². The molecule has 0 aliphatic carbocycles. The fraction of sp³-hybridized carbons (Fsp3) is 0.517. The van der Waals surface area contributed by atoms with Crippen LogP contribution in [0, 0.1) is 16.7 Å². The normalized spacial score (nSPS) is 24.5. The molecule has 8 heteroatoms. The minimum absolute atomic E-state index is 0.0564. The third-order valence-corrected chi connectivity index (χ3v) is 7.56. The molecule has 0 bridgehead atoms. The summed E-state index contributed by atoms with van der Waals surface area (Å²) >= 11 is 12.7. The Morgan fingerprint density at radius 2 is 1.92 bits per heavy atom. The molecule has 3 rings (SSSR count). The molecule has 3 N–H and O–H groups in total. The Labute approximate surface area is 229 Å². The van der Waals surface area contributed by atoms with E-state index >= 15 is 0 Å². The van der Waals surface area contributed by atoms with Gasteiger partial charge in [-0.05, 0) is 54.5 Å². The first-order valence-corrected chi connectivity index (χ1v) is 13.3. The summed E-state index contributed by atoms with van der Waals surface area (Å²) in [5.41, 5.74) is 0.128. The molecule has 37 heavy (non-hydrogen) atoms. The number of nitriles is 1. The van der Waals surface area contributed by atoms with Gasteiger partial charge in [0.15, 0.2) is 0 Å². The van der Waals surface area contributed by atoms with Crippen molar-refractivity contribution in [2.45, 2.75) is 76.0 Å². The summed E-state index contributed by atoms with van der Waals surface area (Å²) in [6, 6.07) is 14.2. The smallest absolute Gasteiger partial charge is 0.150 e. The summed E-state index contributed by atoms with van der Waals surface area (Å²) < 4.78 is 5.73. The lowest BCUT2D eigenvalue weighted by Gasteiger charge is -2.38. The Hall–Kier alpha value is -2.14. The average Bonchev–Trinajstić information content (AvgIpc) is 3.16. The van der Waals surface area contributed by atoms with E-state index in [-0.39, 0.29) is 30.3 Å². The summed E-state index contributed by atoms with van der Waals surface area (Å²) in [5, 5.41) is 34.5. The number of ketones is 1. The van der Waals surface area contributed by atoms with Crippen LogP contribution in [0.2, 0.25) is 10.0 Å². The van der Waals surface area contributed by atoms with Gasteiger partial charge in [0.2, 0.25) is 0 Å². The number of aliphatic hydroxyl groups excluding tert-OH is 2. The van der Waals surface area contributed by atoms with Crippen molar-refractivity contribution in [1.82, 2.24) is 5.32 Å². The quantitative estimate of drug-likeness (QED) is 0.367. The lowest BCUT2D eigenvalue weighted by molar-refractivity contribution is -0.121. The van der Waals surface area contributed by atoms with E-state index in [1.54, 1.807) is 25.3 Å². The highest BCUT2D eigenvalue weighted by Crippen LogP contribution is 2.54. The van der Waals surface area contributed by atoms with Crippen molar-refractivity contribution in [2.24, 2.45) is 5.41 Å². The van der Waals surface area contributed by atoms with Crippen molar-refractivity contribution in [3.05, 3.63) is 63.6 Å². The minimum Gasteiger partial charge on any atom is -0.496 e. The second-order valence-electron chi connectivity index (χ2n) is 11.0. The number of methoxy groups -OCH3 is 1. The number of benzene rings is 2. The number of carbonyl (C=O) groups excluding carboxylic acids is 1. The molecule has 1 saturated heterocycles. The maximum atomic E-state index is 13.7. The lowest BCUT2D eigenvalue weighted by atomic mass is 9.62. The highest BCUT2D eigenvalue weighted by Gasteiger charge is 2.60. The number of halogens is 2. The van der Waals surface area contributed by atoms with Gasteiger partial charge >= 0.3 is 0 Å². The first-order chi connectivity index (χ1) is 17.5. The summed E-state index contributed by atoms with van der Waals surface area (Å²) in [7, 11) is 1.55. The molecule has 200 valence electrons. The van der Waals surface area contributed by atoms with E-state index in [9.17, 15) is 15.2 Å². The van der Waals surface area contributed by atoms with Crippen molar-refractivity contribution < 1.29 is 19.7 Å². The van der Waals surface area contributed by atoms with Crippen molar-refractivity contribution in [3.63, 3.8) is 0 Å². The van der Waals surface area contributed by atoms with E-state index in [0.717, 1.165) is 5.56 Å². The van der Waals surface area contributed by atoms with E-state index in [0.29, 0.717) is 40.6 Å². The Kier molecular flexibility index (Phi) is 9.66. The topological polar surface area (TPSA) is 103 Å². The largest absolute Gasteiger partial charge is 0.496 e. The van der Waals surface area contributed by atoms with Crippen molar-refractivity contribution in [3.8, 4) is 11.8 Å². The van der Waals surface area contributed by atoms with Crippen LogP contribution in [0.3, 0.4) is 0 Å². The first-order valence-electron chi connectivity index (χ1n) is 12.5. The summed E-state index contributed by atoms with van der Waals surface area (Å²) in [5.74, 6) is -0.131. The van der Waals surface area contributed by atoms with Crippen LogP contribution in [0.4, 0.5) is 0 Å². The Morgan fingerprint density at radius 1 is 1.22 bits per heavy atom. The molecule has 1 aliphatic rings. The van der Waals surface area contributed by atoms with Gasteiger partial charge in [0.05, 0.1) is 31.9 Å². The van der Waals surface area contributed by atoms with Gasteiger partial charge in [-0.1, -0.05) is 62.2 Å². The van der Waals surface area contributed by atoms with Gasteiger partial charge in [-0.25, -0.2) is 0 Å². The zero-order valence-electron chi connectivity index (χ0n) is 21.8. The molecule has 1 heterocycles. The van der Waals surface area contributed by atoms with Gasteiger partial charge in [-0.15, -0.1) is 0 Å². The number of nitrogens with zero attached hydrogens (tertiary/aromatic N) is 1. The fourth-order valence-electron chi connectivity index (χ4n) is 5.52. The lowest BCUT2D eigenvalue weighted by Crippen LogP contribution is -2.44. The monoisotopic (exact) mass is 546 g/mol. The average molecular weight is 548 g/mol. The van der Waals surface area contributed by atoms with Gasteiger partial charge < -0.3 is 20.3 Å². The summed E-state index contributed by atoms with van der Waals surface area (Å²) in [6.45, 7) is 5.98. The molecule has 0 aromatic heterocycles. The molecular formula is C29H36Cl2N2O4. The zero-order chi connectivity index (χ0) is 27.4. The molecule has 0 saturated carbocycles. The van der Waals surface area contributed by atoms with Crippen molar-refractivity contribution >= 4 is 29.0 Å². The van der Waals surface area contributed by atoms with Crippen LogP contribution in [-0.4, -0.2) is 47.9 Å². The second-order valence-corrected chi connectivity index (χ2v) is 11.9. The predicted molar refractivity (Wildman–Crippen MR) is 146 cm³/mol. The Bertz CT molecular complexity index is 1140. The Morgan fingerprint density at radius 3 is 2.51 bits per heavy atom. The number of carbonyl (C=O) groups is 1. The van der Waals surface area contributed by atoms with E-state index in [1.165, 1.54) is 0 Å². The minimum atomic E-state index is -1.17. The Balaban J connectivity index is 2.22. The number of hydrogen-bond acceptors (Lipinski definition) is 6. The maximum Gasteiger partial charge on any atom is 0.150 e. The number of aliphatic hydroxyl groups is 2. The molecule has 6 nitrogen and oxygen atoms in total. The van der Waals surface area contributed by atoms with E-state index in [2.05, 4.69) is 32.2 Å². The molecule has 0 spiro atoms. The van der Waals surface area contributed by atoms with E-state index < -0.39 is 23.5 Å². The van der Waals surface area contributed by atoms with Gasteiger partial charge in [-0.2, -0.15) is 5.26 Å².